The lowest BCUT2D eigenvalue weighted by Crippen LogP contribution is -2.52. The Kier molecular flexibility index (Phi) is 6.37. The first kappa shape index (κ1) is 16.5. The molecule has 2 unspecified atom stereocenters. The van der Waals surface area contributed by atoms with Crippen LogP contribution in [0.25, 0.3) is 0 Å². The number of hydrogen-bond donors (Lipinski definition) is 2. The number of hydrogen-bond acceptors (Lipinski definition) is 4. The van der Waals surface area contributed by atoms with Gasteiger partial charge in [-0.1, -0.05) is 6.92 Å². The smallest absolute Gasteiger partial charge is 0.322 e. The van der Waals surface area contributed by atoms with E-state index < -0.39 is 33.0 Å². The predicted molar refractivity (Wildman–Crippen MR) is 72.5 cm³/mol. The normalized spacial score (nSPS) is 23.1. The molecule has 2 N–H and O–H groups in total. The quantitative estimate of drug-likeness (QED) is 0.661. The maximum Gasteiger partial charge on any atom is 0.322 e. The minimum Gasteiger partial charge on any atom is -0.480 e. The van der Waals surface area contributed by atoms with Gasteiger partial charge in [0.05, 0.1) is 0 Å². The van der Waals surface area contributed by atoms with Gasteiger partial charge in [0.2, 0.25) is 0 Å². The van der Waals surface area contributed by atoms with Crippen molar-refractivity contribution in [2.24, 2.45) is 0 Å². The van der Waals surface area contributed by atoms with Gasteiger partial charge in [0.1, 0.15) is 6.04 Å². The van der Waals surface area contributed by atoms with E-state index in [2.05, 4.69) is 4.72 Å². The number of carboxylic acids is 1. The monoisotopic (exact) mass is 312 g/mol. The molecule has 1 rings (SSSR count). The summed E-state index contributed by atoms with van der Waals surface area (Å²) in [5, 5.41) is 9.04. The number of rotatable bonds is 7. The number of nitrogens with zero attached hydrogens (tertiary/aromatic N) is 1. The van der Waals surface area contributed by atoms with E-state index in [-0.39, 0.29) is 18.8 Å². The first-order chi connectivity index (χ1) is 8.88. The Morgan fingerprint density at radius 3 is 2.74 bits per heavy atom. The summed E-state index contributed by atoms with van der Waals surface area (Å²) in [6, 6.07) is -0.997. The SMILES string of the molecule is CCS(=O)CCNS(=O)(=O)N1CCCCC1C(=O)O. The van der Waals surface area contributed by atoms with Crippen molar-refractivity contribution in [2.45, 2.75) is 32.2 Å². The molecule has 1 saturated heterocycles. The standard InChI is InChI=1S/C10H20N2O5S2/c1-2-18(15)8-6-11-19(16,17)12-7-4-3-5-9(12)10(13)14/h9,11H,2-8H2,1H3,(H,13,14). The van der Waals surface area contributed by atoms with E-state index in [4.69, 9.17) is 5.11 Å². The van der Waals surface area contributed by atoms with E-state index in [1.807, 2.05) is 0 Å². The molecule has 112 valence electrons. The summed E-state index contributed by atoms with van der Waals surface area (Å²) in [4.78, 5) is 11.1. The lowest BCUT2D eigenvalue weighted by atomic mass is 10.1. The number of piperidine rings is 1. The molecule has 1 aliphatic rings. The third-order valence-electron chi connectivity index (χ3n) is 2.98. The molecule has 0 aromatic rings. The Bertz CT molecular complexity index is 437. The summed E-state index contributed by atoms with van der Waals surface area (Å²) in [5.41, 5.74) is 0. The summed E-state index contributed by atoms with van der Waals surface area (Å²) < 4.78 is 38.6. The predicted octanol–water partition coefficient (Wildman–Crippen LogP) is -0.471. The number of carboxylic acid groups (broad SMARTS) is 1. The van der Waals surface area contributed by atoms with Crippen LogP contribution in [0, 0.1) is 0 Å². The molecule has 1 fully saturated rings. The van der Waals surface area contributed by atoms with Gasteiger partial charge in [-0.2, -0.15) is 12.7 Å². The summed E-state index contributed by atoms with van der Waals surface area (Å²) in [7, 11) is -4.86. The minimum absolute atomic E-state index is 0.0611. The molecule has 19 heavy (non-hydrogen) atoms. The van der Waals surface area contributed by atoms with Crippen LogP contribution in [-0.2, 0) is 25.8 Å². The van der Waals surface area contributed by atoms with Gasteiger partial charge in [-0.15, -0.1) is 0 Å². The van der Waals surface area contributed by atoms with Gasteiger partial charge in [-0.25, -0.2) is 4.72 Å². The molecule has 2 atom stereocenters. The molecule has 0 aromatic carbocycles. The highest BCUT2D eigenvalue weighted by Crippen LogP contribution is 2.19. The van der Waals surface area contributed by atoms with Crippen molar-refractivity contribution in [3.05, 3.63) is 0 Å². The summed E-state index contributed by atoms with van der Waals surface area (Å²) in [6.07, 6.45) is 1.70. The Labute approximate surface area is 116 Å². The first-order valence-corrected chi connectivity index (χ1v) is 9.15. The zero-order valence-corrected chi connectivity index (χ0v) is 12.5. The zero-order valence-electron chi connectivity index (χ0n) is 10.9. The van der Waals surface area contributed by atoms with Crippen LogP contribution in [0.15, 0.2) is 0 Å². The van der Waals surface area contributed by atoms with Crippen molar-refractivity contribution in [1.82, 2.24) is 9.03 Å². The van der Waals surface area contributed by atoms with Crippen LogP contribution >= 0.6 is 0 Å². The molecule has 0 amide bonds. The largest absolute Gasteiger partial charge is 0.480 e. The van der Waals surface area contributed by atoms with Crippen LogP contribution in [0.5, 0.6) is 0 Å². The van der Waals surface area contributed by atoms with Crippen molar-refractivity contribution in [3.8, 4) is 0 Å². The summed E-state index contributed by atoms with van der Waals surface area (Å²) >= 11 is 0. The molecule has 0 aromatic heterocycles. The van der Waals surface area contributed by atoms with Crippen molar-refractivity contribution in [3.63, 3.8) is 0 Å². The second-order valence-electron chi connectivity index (χ2n) is 4.29. The van der Waals surface area contributed by atoms with Gasteiger partial charge in [0.25, 0.3) is 10.2 Å². The lowest BCUT2D eigenvalue weighted by molar-refractivity contribution is -0.142. The molecular formula is C10H20N2O5S2. The van der Waals surface area contributed by atoms with Crippen LogP contribution in [-0.4, -0.2) is 58.6 Å². The highest BCUT2D eigenvalue weighted by Gasteiger charge is 2.36. The van der Waals surface area contributed by atoms with Gasteiger partial charge in [0.15, 0.2) is 0 Å². The first-order valence-electron chi connectivity index (χ1n) is 6.22. The number of aliphatic carboxylic acids is 1. The highest BCUT2D eigenvalue weighted by molar-refractivity contribution is 7.87. The Morgan fingerprint density at radius 1 is 1.47 bits per heavy atom. The molecule has 9 heteroatoms. The maximum atomic E-state index is 12.0. The fourth-order valence-corrected chi connectivity index (χ4v) is 4.12. The molecule has 0 aliphatic carbocycles. The van der Waals surface area contributed by atoms with Gasteiger partial charge in [-0.05, 0) is 19.3 Å². The van der Waals surface area contributed by atoms with E-state index in [9.17, 15) is 17.4 Å². The van der Waals surface area contributed by atoms with E-state index in [1.165, 1.54) is 0 Å². The van der Waals surface area contributed by atoms with Crippen LogP contribution in [0.2, 0.25) is 0 Å². The molecule has 0 bridgehead atoms. The topological polar surface area (TPSA) is 104 Å². The van der Waals surface area contributed by atoms with Crippen LogP contribution in [0.3, 0.4) is 0 Å². The van der Waals surface area contributed by atoms with Crippen LogP contribution in [0.4, 0.5) is 0 Å². The lowest BCUT2D eigenvalue weighted by Gasteiger charge is -2.31. The van der Waals surface area contributed by atoms with E-state index in [0.29, 0.717) is 25.0 Å². The Hall–Kier alpha value is -0.510. The average molecular weight is 312 g/mol. The number of carbonyl (C=O) groups is 1. The Morgan fingerprint density at radius 2 is 2.16 bits per heavy atom. The third kappa shape index (κ3) is 4.83. The van der Waals surface area contributed by atoms with Crippen molar-refractivity contribution >= 4 is 27.0 Å². The molecule has 0 saturated carbocycles. The molecule has 7 nitrogen and oxygen atoms in total. The van der Waals surface area contributed by atoms with E-state index in [1.54, 1.807) is 6.92 Å². The van der Waals surface area contributed by atoms with Crippen molar-refractivity contribution in [1.29, 1.82) is 0 Å². The average Bonchev–Trinajstić information content (AvgIpc) is 2.38. The van der Waals surface area contributed by atoms with Gasteiger partial charge in [0, 0.05) is 35.4 Å². The van der Waals surface area contributed by atoms with Crippen LogP contribution < -0.4 is 4.72 Å². The van der Waals surface area contributed by atoms with Crippen molar-refractivity contribution < 1.29 is 22.5 Å². The second kappa shape index (κ2) is 7.32. The van der Waals surface area contributed by atoms with Crippen molar-refractivity contribution in [2.75, 3.05) is 24.6 Å². The van der Waals surface area contributed by atoms with E-state index >= 15 is 0 Å². The zero-order chi connectivity index (χ0) is 14.5. The third-order valence-corrected chi connectivity index (χ3v) is 5.91. The summed E-state index contributed by atoms with van der Waals surface area (Å²) in [6.45, 7) is 2.03. The fraction of sp³-hybridized carbons (Fsp3) is 0.900. The molecule has 0 spiro atoms. The Balaban J connectivity index is 2.64. The van der Waals surface area contributed by atoms with Gasteiger partial charge < -0.3 is 5.11 Å². The molecule has 0 radical (unpaired) electrons. The minimum atomic E-state index is -3.81. The molecule has 1 aliphatic heterocycles. The highest BCUT2D eigenvalue weighted by atomic mass is 32.2. The molecule has 1 heterocycles. The van der Waals surface area contributed by atoms with Gasteiger partial charge in [-0.3, -0.25) is 9.00 Å². The van der Waals surface area contributed by atoms with E-state index in [0.717, 1.165) is 4.31 Å². The number of nitrogens with one attached hydrogen (secondary N) is 1. The van der Waals surface area contributed by atoms with Gasteiger partial charge >= 0.3 is 5.97 Å². The fourth-order valence-electron chi connectivity index (χ4n) is 1.95. The maximum absolute atomic E-state index is 12.0. The summed E-state index contributed by atoms with van der Waals surface area (Å²) in [5.74, 6) is -0.410. The second-order valence-corrected chi connectivity index (χ2v) is 7.87. The van der Waals surface area contributed by atoms with Crippen LogP contribution in [0.1, 0.15) is 26.2 Å². The molecular weight excluding hydrogens is 292 g/mol.